The second kappa shape index (κ2) is 7.62. The predicted octanol–water partition coefficient (Wildman–Crippen LogP) is 3.92. The van der Waals surface area contributed by atoms with Gasteiger partial charge in [0.05, 0.1) is 30.3 Å². The van der Waals surface area contributed by atoms with Crippen LogP contribution in [-0.4, -0.2) is 43.0 Å². The van der Waals surface area contributed by atoms with E-state index >= 15 is 0 Å². The molecule has 0 amide bonds. The highest BCUT2D eigenvalue weighted by Crippen LogP contribution is 2.32. The number of halogens is 3. The van der Waals surface area contributed by atoms with E-state index in [1.165, 1.54) is 6.07 Å². The van der Waals surface area contributed by atoms with Crippen LogP contribution in [0.4, 0.5) is 19.1 Å². The molecule has 1 aliphatic rings. The van der Waals surface area contributed by atoms with Gasteiger partial charge in [-0.3, -0.25) is 4.40 Å². The molecule has 1 aromatic carbocycles. The minimum Gasteiger partial charge on any atom is -0.391 e. The smallest absolute Gasteiger partial charge is 0.391 e. The Bertz CT molecular complexity index is 1020. The summed E-state index contributed by atoms with van der Waals surface area (Å²) in [6.07, 6.45) is 0.795. The summed E-state index contributed by atoms with van der Waals surface area (Å²) in [7, 11) is 0. The van der Waals surface area contributed by atoms with Gasteiger partial charge in [0, 0.05) is 5.56 Å². The van der Waals surface area contributed by atoms with E-state index in [0.29, 0.717) is 22.7 Å². The van der Waals surface area contributed by atoms with Gasteiger partial charge in [0.2, 0.25) is 5.95 Å². The molecule has 6 nitrogen and oxygen atoms in total. The van der Waals surface area contributed by atoms with Crippen LogP contribution in [0.15, 0.2) is 30.7 Å². The standard InChI is InChI=1S/C20H22F3N5O/c1-12-6-7-14(13(8-12)9-20(21,22)23)18-16-10-24-11-28(16)19(27-26-18)25-15-4-2-3-5-17(15)29/h6-8,10-11,15,17,29H,2-5,9H2,1H3,(H,25,27)/t15-,17-/m1/s1. The van der Waals surface area contributed by atoms with E-state index in [-0.39, 0.29) is 11.6 Å². The van der Waals surface area contributed by atoms with Crippen molar-refractivity contribution in [2.75, 3.05) is 5.32 Å². The van der Waals surface area contributed by atoms with Crippen molar-refractivity contribution in [3.05, 3.63) is 41.9 Å². The predicted molar refractivity (Wildman–Crippen MR) is 103 cm³/mol. The molecule has 2 N–H and O–H groups in total. The number of fused-ring (bicyclic) bond motifs is 1. The highest BCUT2D eigenvalue weighted by molar-refractivity contribution is 5.79. The van der Waals surface area contributed by atoms with Gasteiger partial charge in [0.1, 0.15) is 12.0 Å². The molecule has 2 atom stereocenters. The molecule has 1 fully saturated rings. The van der Waals surface area contributed by atoms with Gasteiger partial charge >= 0.3 is 6.18 Å². The molecular weight excluding hydrogens is 383 g/mol. The molecule has 154 valence electrons. The third-order valence-corrected chi connectivity index (χ3v) is 5.30. The minimum absolute atomic E-state index is 0.144. The Balaban J connectivity index is 1.74. The van der Waals surface area contributed by atoms with Crippen molar-refractivity contribution >= 4 is 11.5 Å². The zero-order valence-corrected chi connectivity index (χ0v) is 15.9. The number of alkyl halides is 3. The summed E-state index contributed by atoms with van der Waals surface area (Å²) >= 11 is 0. The maximum atomic E-state index is 13.1. The summed E-state index contributed by atoms with van der Waals surface area (Å²) in [6.45, 7) is 1.76. The molecule has 0 bridgehead atoms. The van der Waals surface area contributed by atoms with Crippen molar-refractivity contribution in [2.24, 2.45) is 0 Å². The molecule has 29 heavy (non-hydrogen) atoms. The lowest BCUT2D eigenvalue weighted by atomic mass is 9.93. The Labute approximate surface area is 165 Å². The first-order valence-corrected chi connectivity index (χ1v) is 9.62. The van der Waals surface area contributed by atoms with E-state index < -0.39 is 18.7 Å². The van der Waals surface area contributed by atoms with E-state index in [2.05, 4.69) is 20.5 Å². The second-order valence-corrected chi connectivity index (χ2v) is 7.58. The summed E-state index contributed by atoms with van der Waals surface area (Å²) in [5, 5.41) is 21.9. The van der Waals surface area contributed by atoms with Crippen molar-refractivity contribution in [3.63, 3.8) is 0 Å². The van der Waals surface area contributed by atoms with Gasteiger partial charge in [0.15, 0.2) is 0 Å². The van der Waals surface area contributed by atoms with Gasteiger partial charge in [-0.05, 0) is 25.3 Å². The number of aryl methyl sites for hydroxylation is 1. The zero-order chi connectivity index (χ0) is 20.6. The number of benzene rings is 1. The highest BCUT2D eigenvalue weighted by atomic mass is 19.4. The van der Waals surface area contributed by atoms with Gasteiger partial charge < -0.3 is 10.4 Å². The van der Waals surface area contributed by atoms with Crippen LogP contribution < -0.4 is 5.32 Å². The summed E-state index contributed by atoms with van der Waals surface area (Å²) in [5.41, 5.74) is 2.18. The molecule has 1 saturated carbocycles. The first-order chi connectivity index (χ1) is 13.8. The van der Waals surface area contributed by atoms with Crippen LogP contribution >= 0.6 is 0 Å². The van der Waals surface area contributed by atoms with Gasteiger partial charge in [0.25, 0.3) is 0 Å². The number of imidazole rings is 1. The molecule has 0 spiro atoms. The van der Waals surface area contributed by atoms with E-state index in [0.717, 1.165) is 31.2 Å². The molecule has 0 unspecified atom stereocenters. The van der Waals surface area contributed by atoms with E-state index in [1.807, 2.05) is 0 Å². The lowest BCUT2D eigenvalue weighted by molar-refractivity contribution is -0.127. The van der Waals surface area contributed by atoms with Gasteiger partial charge in [-0.1, -0.05) is 36.6 Å². The van der Waals surface area contributed by atoms with E-state index in [9.17, 15) is 18.3 Å². The molecule has 0 aliphatic heterocycles. The van der Waals surface area contributed by atoms with Gasteiger partial charge in [-0.2, -0.15) is 13.2 Å². The number of nitrogens with one attached hydrogen (secondary N) is 1. The first kappa shape index (κ1) is 19.6. The average Bonchev–Trinajstić information content (AvgIpc) is 3.13. The fourth-order valence-corrected chi connectivity index (χ4v) is 3.89. The van der Waals surface area contributed by atoms with Crippen LogP contribution in [0.5, 0.6) is 0 Å². The minimum atomic E-state index is -4.33. The molecule has 2 heterocycles. The molecule has 3 aromatic rings. The fourth-order valence-electron chi connectivity index (χ4n) is 3.89. The Morgan fingerprint density at radius 3 is 2.76 bits per heavy atom. The third kappa shape index (κ3) is 4.19. The Hall–Kier alpha value is -2.68. The largest absolute Gasteiger partial charge is 0.393 e. The summed E-state index contributed by atoms with van der Waals surface area (Å²) < 4.78 is 41.0. The van der Waals surface area contributed by atoms with Gasteiger partial charge in [-0.15, -0.1) is 10.2 Å². The number of nitrogens with zero attached hydrogens (tertiary/aromatic N) is 4. The number of rotatable bonds is 4. The second-order valence-electron chi connectivity index (χ2n) is 7.58. The summed E-state index contributed by atoms with van der Waals surface area (Å²) in [6, 6.07) is 4.79. The Kier molecular flexibility index (Phi) is 5.16. The number of hydrogen-bond acceptors (Lipinski definition) is 5. The van der Waals surface area contributed by atoms with Crippen molar-refractivity contribution in [3.8, 4) is 11.3 Å². The van der Waals surface area contributed by atoms with Crippen LogP contribution in [0.1, 0.15) is 36.8 Å². The molecule has 0 saturated heterocycles. The van der Waals surface area contributed by atoms with Crippen LogP contribution in [0.25, 0.3) is 16.8 Å². The quantitative estimate of drug-likeness (QED) is 0.688. The van der Waals surface area contributed by atoms with Crippen LogP contribution in [0.3, 0.4) is 0 Å². The molecule has 9 heteroatoms. The lowest BCUT2D eigenvalue weighted by Gasteiger charge is -2.28. The average molecular weight is 405 g/mol. The Morgan fingerprint density at radius 2 is 2.00 bits per heavy atom. The summed E-state index contributed by atoms with van der Waals surface area (Å²) in [4.78, 5) is 4.14. The van der Waals surface area contributed by atoms with Crippen molar-refractivity contribution in [1.29, 1.82) is 0 Å². The van der Waals surface area contributed by atoms with Crippen molar-refractivity contribution in [2.45, 2.75) is 57.3 Å². The Morgan fingerprint density at radius 1 is 1.21 bits per heavy atom. The fraction of sp³-hybridized carbons (Fsp3) is 0.450. The maximum Gasteiger partial charge on any atom is 0.393 e. The van der Waals surface area contributed by atoms with E-state index in [4.69, 9.17) is 0 Å². The lowest BCUT2D eigenvalue weighted by Crippen LogP contribution is -2.37. The number of aliphatic hydroxyl groups excluding tert-OH is 1. The van der Waals surface area contributed by atoms with Crippen LogP contribution in [0, 0.1) is 6.92 Å². The molecular formula is C20H22F3N5O. The van der Waals surface area contributed by atoms with Crippen molar-refractivity contribution in [1.82, 2.24) is 19.6 Å². The van der Waals surface area contributed by atoms with Gasteiger partial charge in [-0.25, -0.2) is 4.98 Å². The maximum absolute atomic E-state index is 13.1. The number of anilines is 1. The zero-order valence-electron chi connectivity index (χ0n) is 15.9. The number of aliphatic hydroxyl groups is 1. The third-order valence-electron chi connectivity index (χ3n) is 5.30. The SMILES string of the molecule is Cc1ccc(-c2nnc(N[C@@H]3CCCC[C@H]3O)n3cncc23)c(CC(F)(F)F)c1. The van der Waals surface area contributed by atoms with Crippen LogP contribution in [-0.2, 0) is 6.42 Å². The van der Waals surface area contributed by atoms with Crippen molar-refractivity contribution < 1.29 is 18.3 Å². The molecule has 4 rings (SSSR count). The molecule has 1 aliphatic carbocycles. The topological polar surface area (TPSA) is 75.3 Å². The highest BCUT2D eigenvalue weighted by Gasteiger charge is 2.30. The monoisotopic (exact) mass is 405 g/mol. The van der Waals surface area contributed by atoms with E-state index in [1.54, 1.807) is 36.0 Å². The molecule has 0 radical (unpaired) electrons. The first-order valence-electron chi connectivity index (χ1n) is 9.62. The number of aromatic nitrogens is 4. The molecule has 2 aromatic heterocycles. The summed E-state index contributed by atoms with van der Waals surface area (Å²) in [5.74, 6) is 0.414. The normalized spacial score (nSPS) is 20.2. The number of hydrogen-bond donors (Lipinski definition) is 2. The van der Waals surface area contributed by atoms with Crippen LogP contribution in [0.2, 0.25) is 0 Å².